The van der Waals surface area contributed by atoms with E-state index in [0.717, 1.165) is 6.54 Å². The van der Waals surface area contributed by atoms with E-state index in [0.29, 0.717) is 6.04 Å². The first-order valence-electron chi connectivity index (χ1n) is 6.16. The Labute approximate surface area is 93.9 Å². The van der Waals surface area contributed by atoms with Gasteiger partial charge in [0.25, 0.3) is 0 Å². The second-order valence-corrected chi connectivity index (χ2v) is 4.06. The maximum atomic E-state index is 3.64. The van der Waals surface area contributed by atoms with E-state index in [9.17, 15) is 0 Å². The van der Waals surface area contributed by atoms with Crippen LogP contribution in [0.4, 0.5) is 0 Å². The van der Waals surface area contributed by atoms with Gasteiger partial charge in [-0.15, -0.1) is 0 Å². The van der Waals surface area contributed by atoms with Crippen molar-refractivity contribution in [3.63, 3.8) is 0 Å². The maximum Gasteiger partial charge on any atom is 0.0320 e. The molecule has 1 aromatic carbocycles. The molecule has 1 N–H and O–H groups in total. The third-order valence-electron chi connectivity index (χ3n) is 2.70. The van der Waals surface area contributed by atoms with Gasteiger partial charge in [0.05, 0.1) is 0 Å². The molecule has 0 aromatic heterocycles. The van der Waals surface area contributed by atoms with Gasteiger partial charge in [0.1, 0.15) is 0 Å². The summed E-state index contributed by atoms with van der Waals surface area (Å²) < 4.78 is 0. The minimum Gasteiger partial charge on any atom is -0.310 e. The Morgan fingerprint density at radius 1 is 1.07 bits per heavy atom. The topological polar surface area (TPSA) is 12.0 Å². The lowest BCUT2D eigenvalue weighted by molar-refractivity contribution is 0.486. The average Bonchev–Trinajstić information content (AvgIpc) is 2.29. The fourth-order valence-corrected chi connectivity index (χ4v) is 1.81. The number of nitrogens with one attached hydrogen (secondary N) is 1. The van der Waals surface area contributed by atoms with Crippen molar-refractivity contribution in [1.82, 2.24) is 5.32 Å². The minimum absolute atomic E-state index is 0.544. The summed E-state index contributed by atoms with van der Waals surface area (Å²) >= 11 is 0. The molecule has 84 valence electrons. The molecular formula is C14H23N. The van der Waals surface area contributed by atoms with Crippen molar-refractivity contribution in [1.29, 1.82) is 0 Å². The molecule has 0 aliphatic heterocycles. The van der Waals surface area contributed by atoms with E-state index in [1.807, 2.05) is 0 Å². The lowest BCUT2D eigenvalue weighted by Gasteiger charge is -2.18. The van der Waals surface area contributed by atoms with Gasteiger partial charge < -0.3 is 5.32 Å². The molecule has 0 fully saturated rings. The van der Waals surface area contributed by atoms with Crippen LogP contribution in [-0.2, 0) is 0 Å². The van der Waals surface area contributed by atoms with Crippen LogP contribution in [0.1, 0.15) is 51.1 Å². The van der Waals surface area contributed by atoms with E-state index in [1.165, 1.54) is 31.2 Å². The van der Waals surface area contributed by atoms with E-state index in [-0.39, 0.29) is 0 Å². The van der Waals surface area contributed by atoms with E-state index in [2.05, 4.69) is 49.5 Å². The quantitative estimate of drug-likeness (QED) is 0.665. The molecule has 0 aliphatic rings. The fourth-order valence-electron chi connectivity index (χ4n) is 1.81. The van der Waals surface area contributed by atoms with Gasteiger partial charge in [-0.3, -0.25) is 0 Å². The molecule has 0 amide bonds. The van der Waals surface area contributed by atoms with Crippen molar-refractivity contribution in [2.75, 3.05) is 6.54 Å². The molecule has 1 rings (SSSR count). The number of benzene rings is 1. The second kappa shape index (κ2) is 7.47. The van der Waals surface area contributed by atoms with Gasteiger partial charge in [0.15, 0.2) is 0 Å². The highest BCUT2D eigenvalue weighted by molar-refractivity contribution is 5.18. The van der Waals surface area contributed by atoms with Gasteiger partial charge in [-0.05, 0) is 24.9 Å². The smallest absolute Gasteiger partial charge is 0.0320 e. The Morgan fingerprint density at radius 3 is 2.40 bits per heavy atom. The van der Waals surface area contributed by atoms with Crippen LogP contribution < -0.4 is 5.32 Å². The summed E-state index contributed by atoms with van der Waals surface area (Å²) in [4.78, 5) is 0. The van der Waals surface area contributed by atoms with Crippen molar-refractivity contribution >= 4 is 0 Å². The molecule has 1 heteroatoms. The summed E-state index contributed by atoms with van der Waals surface area (Å²) in [6, 6.07) is 11.3. The van der Waals surface area contributed by atoms with Crippen LogP contribution in [0.5, 0.6) is 0 Å². The molecule has 0 bridgehead atoms. The molecule has 0 spiro atoms. The van der Waals surface area contributed by atoms with Crippen LogP contribution in [0, 0.1) is 0 Å². The minimum atomic E-state index is 0.544. The second-order valence-electron chi connectivity index (χ2n) is 4.06. The Bertz CT molecular complexity index is 243. The summed E-state index contributed by atoms with van der Waals surface area (Å²) in [5, 5.41) is 3.64. The third kappa shape index (κ3) is 4.48. The first-order chi connectivity index (χ1) is 7.38. The molecule has 0 radical (unpaired) electrons. The summed E-state index contributed by atoms with van der Waals surface area (Å²) in [7, 11) is 0. The van der Waals surface area contributed by atoms with Crippen LogP contribution in [0.15, 0.2) is 30.3 Å². The van der Waals surface area contributed by atoms with Gasteiger partial charge in [-0.2, -0.15) is 0 Å². The Balaban J connectivity index is 2.50. The summed E-state index contributed by atoms with van der Waals surface area (Å²) in [6.45, 7) is 5.62. The normalized spacial score (nSPS) is 12.7. The van der Waals surface area contributed by atoms with Crippen molar-refractivity contribution in [2.45, 2.75) is 45.6 Å². The van der Waals surface area contributed by atoms with Crippen LogP contribution in [-0.4, -0.2) is 6.54 Å². The molecule has 0 saturated carbocycles. The highest BCUT2D eigenvalue weighted by Gasteiger charge is 2.07. The predicted octanol–water partition coefficient (Wildman–Crippen LogP) is 3.92. The van der Waals surface area contributed by atoms with E-state index >= 15 is 0 Å². The first kappa shape index (κ1) is 12.3. The first-order valence-corrected chi connectivity index (χ1v) is 6.16. The number of rotatable bonds is 7. The van der Waals surface area contributed by atoms with Crippen LogP contribution in [0.3, 0.4) is 0 Å². The highest BCUT2D eigenvalue weighted by Crippen LogP contribution is 2.17. The monoisotopic (exact) mass is 205 g/mol. The summed E-state index contributed by atoms with van der Waals surface area (Å²) in [5.41, 5.74) is 1.43. The lowest BCUT2D eigenvalue weighted by atomic mass is 10.0. The van der Waals surface area contributed by atoms with E-state index in [4.69, 9.17) is 0 Å². The van der Waals surface area contributed by atoms with Crippen LogP contribution in [0.25, 0.3) is 0 Å². The molecule has 1 unspecified atom stereocenters. The van der Waals surface area contributed by atoms with Crippen LogP contribution >= 0.6 is 0 Å². The summed E-state index contributed by atoms with van der Waals surface area (Å²) in [6.07, 6.45) is 5.00. The molecular weight excluding hydrogens is 182 g/mol. The molecule has 0 heterocycles. The Morgan fingerprint density at radius 2 is 1.80 bits per heavy atom. The summed E-state index contributed by atoms with van der Waals surface area (Å²) in [5.74, 6) is 0. The average molecular weight is 205 g/mol. The molecule has 1 nitrogen and oxygen atoms in total. The van der Waals surface area contributed by atoms with Crippen molar-refractivity contribution < 1.29 is 0 Å². The number of unbranched alkanes of at least 4 members (excludes halogenated alkanes) is 1. The van der Waals surface area contributed by atoms with Gasteiger partial charge in [-0.1, -0.05) is 57.0 Å². The number of hydrogen-bond acceptors (Lipinski definition) is 1. The standard InChI is InChI=1S/C14H23N/c1-3-5-12-15-14(9-4-2)13-10-7-6-8-11-13/h6-8,10-11,14-15H,3-5,9,12H2,1-2H3. The van der Waals surface area contributed by atoms with Crippen molar-refractivity contribution in [2.24, 2.45) is 0 Å². The molecule has 15 heavy (non-hydrogen) atoms. The highest BCUT2D eigenvalue weighted by atomic mass is 14.9. The third-order valence-corrected chi connectivity index (χ3v) is 2.70. The number of hydrogen-bond donors (Lipinski definition) is 1. The predicted molar refractivity (Wildman–Crippen MR) is 67.0 cm³/mol. The largest absolute Gasteiger partial charge is 0.310 e. The zero-order chi connectivity index (χ0) is 10.9. The maximum absolute atomic E-state index is 3.64. The zero-order valence-corrected chi connectivity index (χ0v) is 10.00. The Hall–Kier alpha value is -0.820. The van der Waals surface area contributed by atoms with Gasteiger partial charge in [-0.25, -0.2) is 0 Å². The van der Waals surface area contributed by atoms with E-state index < -0.39 is 0 Å². The molecule has 1 aromatic rings. The SMILES string of the molecule is CCCCNC(CCC)c1ccccc1. The van der Waals surface area contributed by atoms with Crippen molar-refractivity contribution in [3.05, 3.63) is 35.9 Å². The van der Waals surface area contributed by atoms with Gasteiger partial charge in [0, 0.05) is 6.04 Å². The fraction of sp³-hybridized carbons (Fsp3) is 0.571. The molecule has 1 atom stereocenters. The van der Waals surface area contributed by atoms with Crippen LogP contribution in [0.2, 0.25) is 0 Å². The molecule has 0 saturated heterocycles. The van der Waals surface area contributed by atoms with Gasteiger partial charge >= 0.3 is 0 Å². The lowest BCUT2D eigenvalue weighted by Crippen LogP contribution is -2.22. The zero-order valence-electron chi connectivity index (χ0n) is 10.00. The Kier molecular flexibility index (Phi) is 6.10. The van der Waals surface area contributed by atoms with E-state index in [1.54, 1.807) is 0 Å². The van der Waals surface area contributed by atoms with Gasteiger partial charge in [0.2, 0.25) is 0 Å². The molecule has 0 aliphatic carbocycles. The van der Waals surface area contributed by atoms with Crippen molar-refractivity contribution in [3.8, 4) is 0 Å².